The molecule has 0 bridgehead atoms. The molecule has 5 nitrogen and oxygen atoms in total. The summed E-state index contributed by atoms with van der Waals surface area (Å²) < 4.78 is 10.6. The topological polar surface area (TPSA) is 72.8 Å². The molecule has 1 heterocycles. The van der Waals surface area contributed by atoms with Crippen LogP contribution in [-0.4, -0.2) is 36.4 Å². The molecule has 1 fully saturated rings. The lowest BCUT2D eigenvalue weighted by atomic mass is 10.1. The minimum absolute atomic E-state index is 0.0920. The second-order valence-electron chi connectivity index (χ2n) is 6.27. The fourth-order valence-electron chi connectivity index (χ4n) is 2.41. The van der Waals surface area contributed by atoms with Gasteiger partial charge in [-0.25, -0.2) is 9.59 Å². The van der Waals surface area contributed by atoms with E-state index in [4.69, 9.17) is 14.6 Å². The Hall–Kier alpha value is -2.66. The number of rotatable bonds is 4. The van der Waals surface area contributed by atoms with Gasteiger partial charge in [-0.3, -0.25) is 0 Å². The van der Waals surface area contributed by atoms with Gasteiger partial charge in [-0.2, -0.15) is 0 Å². The summed E-state index contributed by atoms with van der Waals surface area (Å²) in [6, 6.07) is 14.1. The van der Waals surface area contributed by atoms with Gasteiger partial charge in [0.2, 0.25) is 0 Å². The summed E-state index contributed by atoms with van der Waals surface area (Å²) in [6.45, 7) is 9.06. The molecule has 5 heteroatoms. The number of hydrogen-bond acceptors (Lipinski definition) is 4. The van der Waals surface area contributed by atoms with Crippen LogP contribution >= 0.6 is 0 Å². The summed E-state index contributed by atoms with van der Waals surface area (Å²) in [5.41, 5.74) is 3.15. The molecular formula is C23H30O5. The number of carbonyl (C=O) groups is 2. The largest absolute Gasteiger partial charge is 0.478 e. The third-order valence-corrected chi connectivity index (χ3v) is 4.01. The van der Waals surface area contributed by atoms with E-state index in [0.717, 1.165) is 30.6 Å². The van der Waals surface area contributed by atoms with E-state index in [1.165, 1.54) is 0 Å². The van der Waals surface area contributed by atoms with Gasteiger partial charge in [0.05, 0.1) is 17.2 Å². The summed E-state index contributed by atoms with van der Waals surface area (Å²) in [7, 11) is 0. The zero-order chi connectivity index (χ0) is 20.9. The van der Waals surface area contributed by atoms with Crippen LogP contribution in [0.25, 0.3) is 0 Å². The summed E-state index contributed by atoms with van der Waals surface area (Å²) in [6.07, 6.45) is 2.14. The number of carboxylic acids is 1. The normalized spacial score (nSPS) is 14.8. The molecule has 1 aliphatic heterocycles. The summed E-state index contributed by atoms with van der Waals surface area (Å²) >= 11 is 0. The Labute approximate surface area is 167 Å². The van der Waals surface area contributed by atoms with Gasteiger partial charge in [-0.05, 0) is 51.0 Å². The van der Waals surface area contributed by atoms with Crippen molar-refractivity contribution >= 4 is 11.9 Å². The monoisotopic (exact) mass is 386 g/mol. The molecular weight excluding hydrogens is 356 g/mol. The number of hydrogen-bond donors (Lipinski definition) is 1. The molecule has 0 spiro atoms. The Morgan fingerprint density at radius 1 is 0.964 bits per heavy atom. The highest BCUT2D eigenvalue weighted by molar-refractivity contribution is 5.89. The quantitative estimate of drug-likeness (QED) is 0.745. The molecule has 0 saturated carbocycles. The number of carboxylic acid groups (broad SMARTS) is 1. The molecule has 1 N–H and O–H groups in total. The number of carbonyl (C=O) groups excluding carboxylic acids is 1. The van der Waals surface area contributed by atoms with Crippen LogP contribution in [0.4, 0.5) is 0 Å². The van der Waals surface area contributed by atoms with Gasteiger partial charge in [0.1, 0.15) is 6.61 Å². The highest BCUT2D eigenvalue weighted by atomic mass is 16.6. The SMILES string of the molecule is CC.Cc1ccc(C(=O)O)cc1.Cc1ccc(C(=O)OCC2CCCO2)cc1. The highest BCUT2D eigenvalue weighted by Gasteiger charge is 2.17. The van der Waals surface area contributed by atoms with E-state index in [0.29, 0.717) is 17.7 Å². The third-order valence-electron chi connectivity index (χ3n) is 4.01. The average molecular weight is 386 g/mol. The molecule has 1 aliphatic rings. The van der Waals surface area contributed by atoms with Crippen molar-refractivity contribution in [3.8, 4) is 0 Å². The Morgan fingerprint density at radius 2 is 1.46 bits per heavy atom. The minimum Gasteiger partial charge on any atom is -0.478 e. The van der Waals surface area contributed by atoms with Crippen molar-refractivity contribution in [1.82, 2.24) is 0 Å². The number of aryl methyl sites for hydroxylation is 2. The van der Waals surface area contributed by atoms with Crippen molar-refractivity contribution in [1.29, 1.82) is 0 Å². The van der Waals surface area contributed by atoms with Gasteiger partial charge in [0.25, 0.3) is 0 Å². The van der Waals surface area contributed by atoms with Crippen LogP contribution in [-0.2, 0) is 9.47 Å². The number of esters is 1. The Bertz CT molecular complexity index is 714. The molecule has 2 aromatic rings. The molecule has 3 rings (SSSR count). The minimum atomic E-state index is -0.875. The molecule has 0 radical (unpaired) electrons. The van der Waals surface area contributed by atoms with E-state index in [9.17, 15) is 9.59 Å². The van der Waals surface area contributed by atoms with Gasteiger partial charge in [0, 0.05) is 6.61 Å². The molecule has 2 aromatic carbocycles. The van der Waals surface area contributed by atoms with Gasteiger partial charge >= 0.3 is 11.9 Å². The van der Waals surface area contributed by atoms with Crippen molar-refractivity contribution in [3.05, 3.63) is 70.8 Å². The van der Waals surface area contributed by atoms with Gasteiger partial charge in [-0.15, -0.1) is 0 Å². The maximum Gasteiger partial charge on any atom is 0.338 e. The van der Waals surface area contributed by atoms with Crippen LogP contribution in [0.2, 0.25) is 0 Å². The number of benzene rings is 2. The maximum atomic E-state index is 11.6. The first-order valence-electron chi connectivity index (χ1n) is 9.61. The number of ether oxygens (including phenoxy) is 2. The van der Waals surface area contributed by atoms with Crippen LogP contribution in [0.1, 0.15) is 58.5 Å². The van der Waals surface area contributed by atoms with Gasteiger partial charge in [0.15, 0.2) is 0 Å². The lowest BCUT2D eigenvalue weighted by molar-refractivity contribution is 0.0161. The Kier molecular flexibility index (Phi) is 10.6. The van der Waals surface area contributed by atoms with Crippen LogP contribution in [0.3, 0.4) is 0 Å². The zero-order valence-corrected chi connectivity index (χ0v) is 17.1. The Morgan fingerprint density at radius 3 is 1.89 bits per heavy atom. The van der Waals surface area contributed by atoms with E-state index >= 15 is 0 Å². The Balaban J connectivity index is 0.000000281. The number of aromatic carboxylic acids is 1. The van der Waals surface area contributed by atoms with Crippen molar-refractivity contribution in [3.63, 3.8) is 0 Å². The summed E-state index contributed by atoms with van der Waals surface area (Å²) in [5.74, 6) is -1.14. The highest BCUT2D eigenvalue weighted by Crippen LogP contribution is 2.13. The average Bonchev–Trinajstić information content (AvgIpc) is 3.23. The molecule has 1 atom stereocenters. The van der Waals surface area contributed by atoms with E-state index < -0.39 is 5.97 Å². The molecule has 1 saturated heterocycles. The van der Waals surface area contributed by atoms with Crippen molar-refractivity contribution in [2.24, 2.45) is 0 Å². The van der Waals surface area contributed by atoms with Crippen molar-refractivity contribution in [2.75, 3.05) is 13.2 Å². The first-order chi connectivity index (χ1) is 13.5. The second-order valence-corrected chi connectivity index (χ2v) is 6.27. The molecule has 0 aromatic heterocycles. The predicted molar refractivity (Wildman–Crippen MR) is 110 cm³/mol. The van der Waals surface area contributed by atoms with E-state index in [1.54, 1.807) is 36.4 Å². The molecule has 0 aliphatic carbocycles. The van der Waals surface area contributed by atoms with E-state index in [1.807, 2.05) is 39.8 Å². The molecule has 1 unspecified atom stereocenters. The first kappa shape index (κ1) is 23.4. The fraction of sp³-hybridized carbons (Fsp3) is 0.391. The van der Waals surface area contributed by atoms with Crippen LogP contribution in [0.15, 0.2) is 48.5 Å². The van der Waals surface area contributed by atoms with Gasteiger partial charge < -0.3 is 14.6 Å². The predicted octanol–water partition coefficient (Wildman–Crippen LogP) is 5.05. The zero-order valence-electron chi connectivity index (χ0n) is 17.1. The van der Waals surface area contributed by atoms with E-state index in [-0.39, 0.29) is 12.1 Å². The van der Waals surface area contributed by atoms with Crippen LogP contribution in [0, 0.1) is 13.8 Å². The standard InChI is InChI=1S/C13H16O3.C8H8O2.C2H6/c1-10-4-6-11(7-5-10)13(14)16-9-12-3-2-8-15-12;1-6-2-4-7(5-3-6)8(9)10;1-2/h4-7,12H,2-3,8-9H2,1H3;2-5H,1H3,(H,9,10);1-2H3. The smallest absolute Gasteiger partial charge is 0.338 e. The van der Waals surface area contributed by atoms with Crippen molar-refractivity contribution in [2.45, 2.75) is 46.6 Å². The molecule has 152 valence electrons. The van der Waals surface area contributed by atoms with Crippen LogP contribution in [0.5, 0.6) is 0 Å². The first-order valence-corrected chi connectivity index (χ1v) is 9.61. The molecule has 0 amide bonds. The lowest BCUT2D eigenvalue weighted by Gasteiger charge is -2.10. The molecule has 28 heavy (non-hydrogen) atoms. The third kappa shape index (κ3) is 8.35. The van der Waals surface area contributed by atoms with Gasteiger partial charge in [-0.1, -0.05) is 49.2 Å². The summed E-state index contributed by atoms with van der Waals surface area (Å²) in [5, 5.41) is 8.48. The lowest BCUT2D eigenvalue weighted by Crippen LogP contribution is -2.17. The van der Waals surface area contributed by atoms with Crippen molar-refractivity contribution < 1.29 is 24.2 Å². The fourth-order valence-corrected chi connectivity index (χ4v) is 2.41. The maximum absolute atomic E-state index is 11.6. The summed E-state index contributed by atoms with van der Waals surface area (Å²) in [4.78, 5) is 21.9. The second kappa shape index (κ2) is 12.7. The van der Waals surface area contributed by atoms with Crippen LogP contribution < -0.4 is 0 Å². The van der Waals surface area contributed by atoms with E-state index in [2.05, 4.69) is 0 Å².